The van der Waals surface area contributed by atoms with Crippen molar-refractivity contribution in [1.82, 2.24) is 0 Å². The summed E-state index contributed by atoms with van der Waals surface area (Å²) in [5, 5.41) is 11.4. The number of ether oxygens (including phenoxy) is 1. The summed E-state index contributed by atoms with van der Waals surface area (Å²) >= 11 is 0. The van der Waals surface area contributed by atoms with Gasteiger partial charge in [-0.2, -0.15) is 5.26 Å². The number of carbonyl (C=O) groups is 2. The molecule has 0 unspecified atom stereocenters. The summed E-state index contributed by atoms with van der Waals surface area (Å²) in [6, 6.07) is 15.2. The van der Waals surface area contributed by atoms with Gasteiger partial charge in [0.2, 0.25) is 0 Å². The molecule has 0 aliphatic rings. The Kier molecular flexibility index (Phi) is 4.89. The average Bonchev–Trinajstić information content (AvgIpc) is 2.53. The highest BCUT2D eigenvalue weighted by atomic mass is 16.5. The molecule has 5 heteroatoms. The van der Waals surface area contributed by atoms with Gasteiger partial charge in [-0.1, -0.05) is 12.1 Å². The second-order valence-corrected chi connectivity index (χ2v) is 4.61. The van der Waals surface area contributed by atoms with Gasteiger partial charge in [0.25, 0.3) is 5.91 Å². The number of rotatable bonds is 5. The van der Waals surface area contributed by atoms with Crippen LogP contribution in [0, 0.1) is 11.3 Å². The first-order valence-corrected chi connectivity index (χ1v) is 6.62. The third kappa shape index (κ3) is 4.18. The van der Waals surface area contributed by atoms with Crippen molar-refractivity contribution >= 4 is 17.4 Å². The summed E-state index contributed by atoms with van der Waals surface area (Å²) in [7, 11) is 0. The fourth-order valence-corrected chi connectivity index (χ4v) is 1.79. The van der Waals surface area contributed by atoms with Crippen LogP contribution in [0.25, 0.3) is 0 Å². The molecular weight excluding hydrogens is 280 g/mol. The number of anilines is 1. The molecule has 0 atom stereocenters. The van der Waals surface area contributed by atoms with Gasteiger partial charge in [-0.25, -0.2) is 0 Å². The first-order valence-electron chi connectivity index (χ1n) is 6.62. The second kappa shape index (κ2) is 7.04. The standard InChI is InChI=1S/C17H14N2O3/c1-12(20)14-3-2-4-15(9-14)19-17(21)11-22-16-7-5-13(10-18)6-8-16/h2-9H,11H2,1H3,(H,19,21). The van der Waals surface area contributed by atoms with Gasteiger partial charge < -0.3 is 10.1 Å². The van der Waals surface area contributed by atoms with Gasteiger partial charge in [0, 0.05) is 11.3 Å². The lowest BCUT2D eigenvalue weighted by atomic mass is 10.1. The lowest BCUT2D eigenvalue weighted by Gasteiger charge is -2.08. The molecule has 0 spiro atoms. The Morgan fingerprint density at radius 1 is 1.18 bits per heavy atom. The summed E-state index contributed by atoms with van der Waals surface area (Å²) < 4.78 is 5.33. The molecule has 0 aliphatic heterocycles. The normalized spacial score (nSPS) is 9.64. The predicted molar refractivity (Wildman–Crippen MR) is 81.7 cm³/mol. The molecule has 0 bridgehead atoms. The first-order chi connectivity index (χ1) is 10.6. The van der Waals surface area contributed by atoms with Crippen molar-refractivity contribution < 1.29 is 14.3 Å². The van der Waals surface area contributed by atoms with Crippen LogP contribution in [0.1, 0.15) is 22.8 Å². The van der Waals surface area contributed by atoms with Crippen molar-refractivity contribution in [3.63, 3.8) is 0 Å². The lowest BCUT2D eigenvalue weighted by molar-refractivity contribution is -0.118. The number of nitrogens with one attached hydrogen (secondary N) is 1. The molecule has 1 amide bonds. The van der Waals surface area contributed by atoms with Gasteiger partial charge in [-0.05, 0) is 43.3 Å². The van der Waals surface area contributed by atoms with Gasteiger partial charge in [-0.3, -0.25) is 9.59 Å². The van der Waals surface area contributed by atoms with Crippen molar-refractivity contribution in [3.8, 4) is 11.8 Å². The average molecular weight is 294 g/mol. The van der Waals surface area contributed by atoms with Crippen LogP contribution in [0.4, 0.5) is 5.69 Å². The topological polar surface area (TPSA) is 79.2 Å². The van der Waals surface area contributed by atoms with E-state index >= 15 is 0 Å². The van der Waals surface area contributed by atoms with Gasteiger partial charge in [-0.15, -0.1) is 0 Å². The number of carbonyl (C=O) groups excluding carboxylic acids is 2. The third-order valence-electron chi connectivity index (χ3n) is 2.91. The number of Topliss-reactive ketones (excluding diaryl/α,β-unsaturated/α-hetero) is 1. The minimum absolute atomic E-state index is 0.0649. The molecule has 0 radical (unpaired) electrons. The fraction of sp³-hybridized carbons (Fsp3) is 0.118. The highest BCUT2D eigenvalue weighted by Crippen LogP contribution is 2.13. The van der Waals surface area contributed by atoms with E-state index in [0.29, 0.717) is 22.6 Å². The molecule has 0 aliphatic carbocycles. The smallest absolute Gasteiger partial charge is 0.262 e. The minimum Gasteiger partial charge on any atom is -0.484 e. The van der Waals surface area contributed by atoms with Gasteiger partial charge in [0.05, 0.1) is 11.6 Å². The molecular formula is C17H14N2O3. The molecule has 110 valence electrons. The van der Waals surface area contributed by atoms with E-state index in [0.717, 1.165) is 0 Å². The van der Waals surface area contributed by atoms with E-state index < -0.39 is 0 Å². The Balaban J connectivity index is 1.91. The lowest BCUT2D eigenvalue weighted by Crippen LogP contribution is -2.20. The predicted octanol–water partition coefficient (Wildman–Crippen LogP) is 2.78. The molecule has 22 heavy (non-hydrogen) atoms. The Morgan fingerprint density at radius 2 is 1.91 bits per heavy atom. The maximum Gasteiger partial charge on any atom is 0.262 e. The molecule has 2 rings (SSSR count). The molecule has 1 N–H and O–H groups in total. The number of nitrogens with zero attached hydrogens (tertiary/aromatic N) is 1. The van der Waals surface area contributed by atoms with Crippen LogP contribution >= 0.6 is 0 Å². The highest BCUT2D eigenvalue weighted by molar-refractivity contribution is 5.97. The van der Waals surface area contributed by atoms with Crippen molar-refractivity contribution in [2.45, 2.75) is 6.92 Å². The molecule has 0 aromatic heterocycles. The van der Waals surface area contributed by atoms with Gasteiger partial charge in [0.1, 0.15) is 5.75 Å². The number of hydrogen-bond acceptors (Lipinski definition) is 4. The van der Waals surface area contributed by atoms with Crippen LogP contribution in [-0.4, -0.2) is 18.3 Å². The zero-order valence-corrected chi connectivity index (χ0v) is 12.0. The van der Waals surface area contributed by atoms with Gasteiger partial charge in [0.15, 0.2) is 12.4 Å². The zero-order chi connectivity index (χ0) is 15.9. The third-order valence-corrected chi connectivity index (χ3v) is 2.91. The maximum atomic E-state index is 11.8. The number of nitriles is 1. The summed E-state index contributed by atoms with van der Waals surface area (Å²) in [5.74, 6) is 0.113. The van der Waals surface area contributed by atoms with E-state index in [1.807, 2.05) is 6.07 Å². The molecule has 5 nitrogen and oxygen atoms in total. The second-order valence-electron chi connectivity index (χ2n) is 4.61. The van der Waals surface area contributed by atoms with Gasteiger partial charge >= 0.3 is 0 Å². The van der Waals surface area contributed by atoms with Crippen molar-refractivity contribution in [2.75, 3.05) is 11.9 Å². The van der Waals surface area contributed by atoms with Crippen LogP contribution in [0.2, 0.25) is 0 Å². The first kappa shape index (κ1) is 15.3. The van der Waals surface area contributed by atoms with Crippen LogP contribution in [0.5, 0.6) is 5.75 Å². The largest absolute Gasteiger partial charge is 0.484 e. The van der Waals surface area contributed by atoms with Crippen LogP contribution in [0.15, 0.2) is 48.5 Å². The number of hydrogen-bond donors (Lipinski definition) is 1. The van der Waals surface area contributed by atoms with Crippen molar-refractivity contribution in [2.24, 2.45) is 0 Å². The Bertz CT molecular complexity index is 730. The zero-order valence-electron chi connectivity index (χ0n) is 12.0. The summed E-state index contributed by atoms with van der Waals surface area (Å²) in [5.41, 5.74) is 1.60. The molecule has 0 fully saturated rings. The van der Waals surface area contributed by atoms with Crippen molar-refractivity contribution in [3.05, 3.63) is 59.7 Å². The molecule has 2 aromatic carbocycles. The van der Waals surface area contributed by atoms with E-state index in [1.165, 1.54) is 6.92 Å². The minimum atomic E-state index is -0.329. The maximum absolute atomic E-state index is 11.8. The van der Waals surface area contributed by atoms with E-state index in [1.54, 1.807) is 48.5 Å². The quantitative estimate of drug-likeness (QED) is 0.860. The number of amides is 1. The summed E-state index contributed by atoms with van der Waals surface area (Å²) in [6.07, 6.45) is 0. The van der Waals surface area contributed by atoms with Crippen LogP contribution in [0.3, 0.4) is 0 Å². The van der Waals surface area contributed by atoms with Crippen molar-refractivity contribution in [1.29, 1.82) is 5.26 Å². The van der Waals surface area contributed by atoms with Crippen LogP contribution in [-0.2, 0) is 4.79 Å². The molecule has 2 aromatic rings. The SMILES string of the molecule is CC(=O)c1cccc(NC(=O)COc2ccc(C#N)cc2)c1. The summed E-state index contributed by atoms with van der Waals surface area (Å²) in [4.78, 5) is 23.1. The van der Waals surface area contributed by atoms with Crippen LogP contribution < -0.4 is 10.1 Å². The fourth-order valence-electron chi connectivity index (χ4n) is 1.79. The number of benzene rings is 2. The number of ketones is 1. The van der Waals surface area contributed by atoms with E-state index in [4.69, 9.17) is 10.00 Å². The Labute approximate surface area is 128 Å². The van der Waals surface area contributed by atoms with E-state index in [-0.39, 0.29) is 18.3 Å². The monoisotopic (exact) mass is 294 g/mol. The van der Waals surface area contributed by atoms with E-state index in [2.05, 4.69) is 5.32 Å². The molecule has 0 saturated heterocycles. The summed E-state index contributed by atoms with van der Waals surface area (Å²) in [6.45, 7) is 1.31. The Morgan fingerprint density at radius 3 is 2.55 bits per heavy atom. The highest BCUT2D eigenvalue weighted by Gasteiger charge is 2.06. The Hall–Kier alpha value is -3.13. The molecule has 0 saturated carbocycles. The molecule has 0 heterocycles. The van der Waals surface area contributed by atoms with E-state index in [9.17, 15) is 9.59 Å².